The second-order valence-electron chi connectivity index (χ2n) is 5.45. The van der Waals surface area contributed by atoms with Crippen LogP contribution in [0.2, 0.25) is 0 Å². The van der Waals surface area contributed by atoms with Gasteiger partial charge < -0.3 is 14.8 Å². The van der Waals surface area contributed by atoms with Gasteiger partial charge in [-0.3, -0.25) is 4.90 Å². The molecule has 1 aliphatic heterocycles. The molecule has 0 aromatic heterocycles. The van der Waals surface area contributed by atoms with Gasteiger partial charge in [-0.1, -0.05) is 6.07 Å². The van der Waals surface area contributed by atoms with Gasteiger partial charge in [0.05, 0.1) is 7.11 Å². The lowest BCUT2D eigenvalue weighted by atomic mass is 10.1. The fourth-order valence-electron chi connectivity index (χ4n) is 2.56. The molecule has 1 heterocycles. The van der Waals surface area contributed by atoms with Crippen molar-refractivity contribution >= 4 is 12.4 Å². The number of nitrogens with one attached hydrogen (secondary N) is 1. The van der Waals surface area contributed by atoms with Crippen molar-refractivity contribution in [1.82, 2.24) is 10.2 Å². The number of ether oxygens (including phenoxy) is 2. The maximum atomic E-state index is 12.4. The highest BCUT2D eigenvalue weighted by Gasteiger charge is 2.22. The van der Waals surface area contributed by atoms with Gasteiger partial charge in [0.1, 0.15) is 0 Å². The molecule has 4 nitrogen and oxygen atoms in total. The number of hydrogen-bond acceptors (Lipinski definition) is 4. The molecule has 0 spiro atoms. The van der Waals surface area contributed by atoms with Crippen LogP contribution in [0.5, 0.6) is 11.5 Å². The largest absolute Gasteiger partial charge is 0.493 e. The van der Waals surface area contributed by atoms with Crippen LogP contribution in [0.1, 0.15) is 19.4 Å². The Balaban J connectivity index is 0.00000242. The van der Waals surface area contributed by atoms with Crippen LogP contribution in [-0.4, -0.2) is 43.8 Å². The van der Waals surface area contributed by atoms with Gasteiger partial charge in [-0.05, 0) is 31.5 Å². The highest BCUT2D eigenvalue weighted by Crippen LogP contribution is 2.30. The van der Waals surface area contributed by atoms with Crippen LogP contribution < -0.4 is 14.8 Å². The zero-order chi connectivity index (χ0) is 15.4. The molecule has 22 heavy (non-hydrogen) atoms. The molecule has 0 amide bonds. The molecule has 1 aliphatic rings. The van der Waals surface area contributed by atoms with Crippen LogP contribution in [0.4, 0.5) is 8.78 Å². The number of alkyl halides is 2. The Morgan fingerprint density at radius 2 is 2.05 bits per heavy atom. The SMILES string of the molecule is COc1ccc(CN2CC(C)NCC2C)cc1OC(F)F.Cl. The van der Waals surface area contributed by atoms with Crippen LogP contribution in [0.25, 0.3) is 0 Å². The summed E-state index contributed by atoms with van der Waals surface area (Å²) in [4.78, 5) is 2.33. The highest BCUT2D eigenvalue weighted by atomic mass is 35.5. The fourth-order valence-corrected chi connectivity index (χ4v) is 2.56. The Morgan fingerprint density at radius 1 is 1.32 bits per heavy atom. The number of rotatable bonds is 5. The number of nitrogens with zero attached hydrogens (tertiary/aromatic N) is 1. The summed E-state index contributed by atoms with van der Waals surface area (Å²) in [7, 11) is 1.44. The van der Waals surface area contributed by atoms with Crippen molar-refractivity contribution in [3.8, 4) is 11.5 Å². The molecule has 0 radical (unpaired) electrons. The van der Waals surface area contributed by atoms with Crippen molar-refractivity contribution in [3.63, 3.8) is 0 Å². The molecule has 1 aromatic rings. The molecule has 1 aromatic carbocycles. The van der Waals surface area contributed by atoms with Gasteiger partial charge in [-0.2, -0.15) is 8.78 Å². The molecule has 2 unspecified atom stereocenters. The molecule has 7 heteroatoms. The zero-order valence-corrected chi connectivity index (χ0v) is 13.8. The van der Waals surface area contributed by atoms with E-state index >= 15 is 0 Å². The Kier molecular flexibility index (Phi) is 7.32. The van der Waals surface area contributed by atoms with Gasteiger partial charge in [0.25, 0.3) is 0 Å². The smallest absolute Gasteiger partial charge is 0.387 e. The molecule has 1 fully saturated rings. The van der Waals surface area contributed by atoms with Crippen LogP contribution >= 0.6 is 12.4 Å². The molecule has 1 saturated heterocycles. The molecule has 2 atom stereocenters. The maximum absolute atomic E-state index is 12.4. The molecule has 0 aliphatic carbocycles. The van der Waals surface area contributed by atoms with Gasteiger partial charge in [0.15, 0.2) is 11.5 Å². The van der Waals surface area contributed by atoms with Crippen molar-refractivity contribution in [3.05, 3.63) is 23.8 Å². The van der Waals surface area contributed by atoms with Gasteiger partial charge in [0, 0.05) is 31.7 Å². The van der Waals surface area contributed by atoms with Gasteiger partial charge >= 0.3 is 6.61 Å². The lowest BCUT2D eigenvalue weighted by Gasteiger charge is -2.37. The minimum atomic E-state index is -2.85. The summed E-state index contributed by atoms with van der Waals surface area (Å²) in [6.07, 6.45) is 0. The number of hydrogen-bond donors (Lipinski definition) is 1. The van der Waals surface area contributed by atoms with Crippen LogP contribution in [0.15, 0.2) is 18.2 Å². The average Bonchev–Trinajstić information content (AvgIpc) is 2.42. The average molecular weight is 337 g/mol. The summed E-state index contributed by atoms with van der Waals surface area (Å²) in [6, 6.07) is 6.02. The van der Waals surface area contributed by atoms with E-state index < -0.39 is 6.61 Å². The Hall–Kier alpha value is -1.11. The van der Waals surface area contributed by atoms with Crippen LogP contribution in [0, 0.1) is 0 Å². The summed E-state index contributed by atoms with van der Waals surface area (Å²) in [5.74, 6) is 0.404. The lowest BCUT2D eigenvalue weighted by Crippen LogP contribution is -2.53. The van der Waals surface area contributed by atoms with E-state index in [2.05, 4.69) is 28.8 Å². The summed E-state index contributed by atoms with van der Waals surface area (Å²) in [5, 5.41) is 3.42. The van der Waals surface area contributed by atoms with E-state index in [9.17, 15) is 8.78 Å². The predicted molar refractivity (Wildman–Crippen MR) is 84.2 cm³/mol. The predicted octanol–water partition coefficient (Wildman–Crippen LogP) is 2.90. The monoisotopic (exact) mass is 336 g/mol. The quantitative estimate of drug-likeness (QED) is 0.896. The fraction of sp³-hybridized carbons (Fsp3) is 0.600. The Morgan fingerprint density at radius 3 is 2.68 bits per heavy atom. The van der Waals surface area contributed by atoms with E-state index in [4.69, 9.17) is 4.74 Å². The Bertz CT molecular complexity index is 477. The summed E-state index contributed by atoms with van der Waals surface area (Å²) in [5.41, 5.74) is 0.937. The molecule has 2 rings (SSSR count). The number of benzene rings is 1. The molecule has 0 saturated carbocycles. The van der Waals surface area contributed by atoms with E-state index in [0.717, 1.165) is 18.7 Å². The van der Waals surface area contributed by atoms with E-state index in [0.29, 0.717) is 24.4 Å². The third-order valence-corrected chi connectivity index (χ3v) is 3.72. The lowest BCUT2D eigenvalue weighted by molar-refractivity contribution is -0.0512. The summed E-state index contributed by atoms with van der Waals surface area (Å²) < 4.78 is 34.5. The highest BCUT2D eigenvalue weighted by molar-refractivity contribution is 5.85. The summed E-state index contributed by atoms with van der Waals surface area (Å²) in [6.45, 7) is 4.00. The number of piperazine rings is 1. The summed E-state index contributed by atoms with van der Waals surface area (Å²) >= 11 is 0. The number of halogens is 3. The van der Waals surface area contributed by atoms with Crippen molar-refractivity contribution < 1.29 is 18.3 Å². The van der Waals surface area contributed by atoms with E-state index in [1.807, 2.05) is 6.07 Å². The first-order chi connectivity index (χ1) is 9.99. The molecule has 0 bridgehead atoms. The molecule has 126 valence electrons. The standard InChI is InChI=1S/C15H22F2N2O2.ClH/c1-10-8-19(11(2)7-18-10)9-12-4-5-13(20-3)14(6-12)21-15(16)17;/h4-6,10-11,15,18H,7-9H2,1-3H3;1H. The van der Waals surface area contributed by atoms with E-state index in [-0.39, 0.29) is 18.2 Å². The first kappa shape index (κ1) is 18.9. The molecule has 1 N–H and O–H groups in total. The second kappa shape index (κ2) is 8.50. The van der Waals surface area contributed by atoms with E-state index in [1.165, 1.54) is 7.11 Å². The Labute approximate surface area is 136 Å². The van der Waals surface area contributed by atoms with Gasteiger partial charge in [-0.25, -0.2) is 0 Å². The third kappa shape index (κ3) is 4.97. The van der Waals surface area contributed by atoms with Crippen LogP contribution in [-0.2, 0) is 6.54 Å². The first-order valence-corrected chi connectivity index (χ1v) is 7.08. The normalized spacial score (nSPS) is 22.3. The topological polar surface area (TPSA) is 33.7 Å². The van der Waals surface area contributed by atoms with E-state index in [1.54, 1.807) is 12.1 Å². The number of methoxy groups -OCH3 is 1. The third-order valence-electron chi connectivity index (χ3n) is 3.72. The van der Waals surface area contributed by atoms with Crippen molar-refractivity contribution in [2.75, 3.05) is 20.2 Å². The van der Waals surface area contributed by atoms with Gasteiger partial charge in [0.2, 0.25) is 0 Å². The maximum Gasteiger partial charge on any atom is 0.387 e. The molecular formula is C15H23ClF2N2O2. The van der Waals surface area contributed by atoms with Crippen LogP contribution in [0.3, 0.4) is 0 Å². The minimum absolute atomic E-state index is 0. The van der Waals surface area contributed by atoms with Crippen molar-refractivity contribution in [2.24, 2.45) is 0 Å². The first-order valence-electron chi connectivity index (χ1n) is 7.08. The zero-order valence-electron chi connectivity index (χ0n) is 13.0. The van der Waals surface area contributed by atoms with Crippen molar-refractivity contribution in [1.29, 1.82) is 0 Å². The van der Waals surface area contributed by atoms with Gasteiger partial charge in [-0.15, -0.1) is 12.4 Å². The second-order valence-corrected chi connectivity index (χ2v) is 5.45. The van der Waals surface area contributed by atoms with Crippen molar-refractivity contribution in [2.45, 2.75) is 39.1 Å². The molecular weight excluding hydrogens is 314 g/mol. The minimum Gasteiger partial charge on any atom is -0.493 e.